The Morgan fingerprint density at radius 1 is 1.45 bits per heavy atom. The minimum atomic E-state index is -0.634. The standard InChI is InChI=1S/C14H20O6/c1-4-19-12(17)6-10(8(2)3)14-13(18)11(16)5-9(7-15)20-14/h5,8,10,15,18H,4,6-7H2,1-3H3/t10-/m0/s1. The first kappa shape index (κ1) is 16.2. The van der Waals surface area contributed by atoms with Gasteiger partial charge in [-0.05, 0) is 12.8 Å². The van der Waals surface area contributed by atoms with E-state index >= 15 is 0 Å². The molecule has 1 aromatic heterocycles. The van der Waals surface area contributed by atoms with E-state index in [1.54, 1.807) is 6.92 Å². The topological polar surface area (TPSA) is 97.0 Å². The Morgan fingerprint density at radius 3 is 2.60 bits per heavy atom. The van der Waals surface area contributed by atoms with Gasteiger partial charge in [0, 0.05) is 12.0 Å². The quantitative estimate of drug-likeness (QED) is 0.769. The summed E-state index contributed by atoms with van der Waals surface area (Å²) >= 11 is 0. The Morgan fingerprint density at radius 2 is 2.10 bits per heavy atom. The van der Waals surface area contributed by atoms with Crippen LogP contribution in [-0.4, -0.2) is 22.8 Å². The van der Waals surface area contributed by atoms with Gasteiger partial charge in [0.2, 0.25) is 11.2 Å². The second-order valence-electron chi connectivity index (χ2n) is 4.81. The van der Waals surface area contributed by atoms with Gasteiger partial charge >= 0.3 is 5.97 Å². The highest BCUT2D eigenvalue weighted by Crippen LogP contribution is 2.33. The van der Waals surface area contributed by atoms with Crippen LogP contribution in [0.3, 0.4) is 0 Å². The lowest BCUT2D eigenvalue weighted by Gasteiger charge is -2.20. The van der Waals surface area contributed by atoms with Crippen molar-refractivity contribution in [1.29, 1.82) is 0 Å². The maximum atomic E-state index is 11.6. The van der Waals surface area contributed by atoms with Crippen LogP contribution in [0.4, 0.5) is 0 Å². The molecule has 0 bridgehead atoms. The predicted octanol–water partition coefficient (Wildman–Crippen LogP) is 1.53. The Labute approximate surface area is 117 Å². The zero-order valence-electron chi connectivity index (χ0n) is 11.9. The van der Waals surface area contributed by atoms with Crippen LogP contribution in [0.15, 0.2) is 15.3 Å². The minimum Gasteiger partial charge on any atom is -0.502 e. The highest BCUT2D eigenvalue weighted by molar-refractivity contribution is 5.70. The molecule has 0 saturated heterocycles. The number of aromatic hydroxyl groups is 1. The monoisotopic (exact) mass is 284 g/mol. The molecule has 0 spiro atoms. The zero-order valence-corrected chi connectivity index (χ0v) is 11.9. The second-order valence-corrected chi connectivity index (χ2v) is 4.81. The molecule has 0 aromatic carbocycles. The van der Waals surface area contributed by atoms with Gasteiger partial charge in [-0.3, -0.25) is 9.59 Å². The van der Waals surface area contributed by atoms with Crippen LogP contribution < -0.4 is 5.43 Å². The Hall–Kier alpha value is -1.82. The number of hydrogen-bond acceptors (Lipinski definition) is 6. The maximum Gasteiger partial charge on any atom is 0.306 e. The molecule has 0 aliphatic heterocycles. The SMILES string of the molecule is CCOC(=O)C[C@H](c1oc(CO)cc(=O)c1O)C(C)C. The molecule has 0 aliphatic carbocycles. The molecule has 1 rings (SSSR count). The van der Waals surface area contributed by atoms with Crippen molar-refractivity contribution in [2.75, 3.05) is 6.61 Å². The van der Waals surface area contributed by atoms with Gasteiger partial charge in [-0.2, -0.15) is 0 Å². The lowest BCUT2D eigenvalue weighted by atomic mass is 9.89. The van der Waals surface area contributed by atoms with E-state index in [9.17, 15) is 14.7 Å². The second kappa shape index (κ2) is 7.09. The average Bonchev–Trinajstić information content (AvgIpc) is 2.39. The van der Waals surface area contributed by atoms with Gasteiger partial charge in [0.05, 0.1) is 13.0 Å². The first-order valence-electron chi connectivity index (χ1n) is 6.53. The van der Waals surface area contributed by atoms with Gasteiger partial charge in [-0.25, -0.2) is 0 Å². The number of esters is 1. The number of rotatable bonds is 6. The van der Waals surface area contributed by atoms with E-state index in [-0.39, 0.29) is 30.5 Å². The van der Waals surface area contributed by atoms with Crippen LogP contribution in [0.5, 0.6) is 5.75 Å². The minimum absolute atomic E-state index is 0.00309. The number of hydrogen-bond donors (Lipinski definition) is 2. The molecule has 2 N–H and O–H groups in total. The molecule has 0 unspecified atom stereocenters. The number of aliphatic hydroxyl groups is 1. The highest BCUT2D eigenvalue weighted by Gasteiger charge is 2.27. The molecular formula is C14H20O6. The van der Waals surface area contributed by atoms with Crippen LogP contribution in [-0.2, 0) is 16.1 Å². The van der Waals surface area contributed by atoms with Crippen LogP contribution in [0.2, 0.25) is 0 Å². The van der Waals surface area contributed by atoms with E-state index < -0.39 is 29.7 Å². The molecule has 1 atom stereocenters. The summed E-state index contributed by atoms with van der Waals surface area (Å²) in [6.45, 7) is 5.19. The molecule has 6 heteroatoms. The summed E-state index contributed by atoms with van der Waals surface area (Å²) in [5.41, 5.74) is -0.634. The normalized spacial score (nSPS) is 12.4. The fraction of sp³-hybridized carbons (Fsp3) is 0.571. The fourth-order valence-electron chi connectivity index (χ4n) is 1.91. The van der Waals surface area contributed by atoms with Gasteiger partial charge < -0.3 is 19.4 Å². The number of carbonyl (C=O) groups is 1. The largest absolute Gasteiger partial charge is 0.502 e. The van der Waals surface area contributed by atoms with Crippen molar-refractivity contribution >= 4 is 5.97 Å². The van der Waals surface area contributed by atoms with Crippen molar-refractivity contribution < 1.29 is 24.2 Å². The van der Waals surface area contributed by atoms with Gasteiger partial charge in [-0.1, -0.05) is 13.8 Å². The van der Waals surface area contributed by atoms with E-state index in [0.717, 1.165) is 6.07 Å². The molecular weight excluding hydrogens is 264 g/mol. The Bertz CT molecular complexity index is 517. The molecule has 1 heterocycles. The molecule has 0 saturated carbocycles. The summed E-state index contributed by atoms with van der Waals surface area (Å²) in [7, 11) is 0. The molecule has 0 amide bonds. The smallest absolute Gasteiger partial charge is 0.306 e. The van der Waals surface area contributed by atoms with Crippen LogP contribution in [0.1, 0.15) is 44.6 Å². The number of aliphatic hydroxyl groups excluding tert-OH is 1. The van der Waals surface area contributed by atoms with Crippen molar-refractivity contribution in [3.05, 3.63) is 27.8 Å². The molecule has 1 aromatic rings. The number of carbonyl (C=O) groups excluding carboxylic acids is 1. The van der Waals surface area contributed by atoms with Crippen LogP contribution >= 0.6 is 0 Å². The molecule has 112 valence electrons. The molecule has 0 fully saturated rings. The van der Waals surface area contributed by atoms with Crippen molar-refractivity contribution in [3.8, 4) is 5.75 Å². The summed E-state index contributed by atoms with van der Waals surface area (Å²) in [5, 5.41) is 18.9. The summed E-state index contributed by atoms with van der Waals surface area (Å²) < 4.78 is 10.2. The van der Waals surface area contributed by atoms with Gasteiger partial charge in [0.1, 0.15) is 12.4 Å². The van der Waals surface area contributed by atoms with Crippen LogP contribution in [0, 0.1) is 5.92 Å². The lowest BCUT2D eigenvalue weighted by Crippen LogP contribution is -2.17. The zero-order chi connectivity index (χ0) is 15.3. The third kappa shape index (κ3) is 3.84. The van der Waals surface area contributed by atoms with E-state index in [2.05, 4.69) is 0 Å². The third-order valence-electron chi connectivity index (χ3n) is 2.99. The first-order valence-corrected chi connectivity index (χ1v) is 6.53. The molecule has 20 heavy (non-hydrogen) atoms. The van der Waals surface area contributed by atoms with Crippen LogP contribution in [0.25, 0.3) is 0 Å². The van der Waals surface area contributed by atoms with Gasteiger partial charge in [0.15, 0.2) is 5.76 Å². The van der Waals surface area contributed by atoms with Crippen molar-refractivity contribution in [1.82, 2.24) is 0 Å². The fourth-order valence-corrected chi connectivity index (χ4v) is 1.91. The molecule has 0 aliphatic rings. The van der Waals surface area contributed by atoms with Gasteiger partial charge in [-0.15, -0.1) is 0 Å². The van der Waals surface area contributed by atoms with E-state index in [4.69, 9.17) is 14.3 Å². The Balaban J connectivity index is 3.18. The summed E-state index contributed by atoms with van der Waals surface area (Å²) in [4.78, 5) is 23.2. The summed E-state index contributed by atoms with van der Waals surface area (Å²) in [6.07, 6.45) is -0.00309. The average molecular weight is 284 g/mol. The van der Waals surface area contributed by atoms with E-state index in [1.165, 1.54) is 0 Å². The highest BCUT2D eigenvalue weighted by atomic mass is 16.5. The van der Waals surface area contributed by atoms with Crippen molar-refractivity contribution in [2.45, 2.75) is 39.7 Å². The summed E-state index contributed by atoms with van der Waals surface area (Å²) in [6, 6.07) is 1.03. The first-order chi connectivity index (χ1) is 9.40. The van der Waals surface area contributed by atoms with Gasteiger partial charge in [0.25, 0.3) is 0 Å². The van der Waals surface area contributed by atoms with Crippen molar-refractivity contribution in [3.63, 3.8) is 0 Å². The molecule has 6 nitrogen and oxygen atoms in total. The van der Waals surface area contributed by atoms with Crippen molar-refractivity contribution in [2.24, 2.45) is 5.92 Å². The van der Waals surface area contributed by atoms with E-state index in [1.807, 2.05) is 13.8 Å². The van der Waals surface area contributed by atoms with E-state index in [0.29, 0.717) is 0 Å². The number of ether oxygens (including phenoxy) is 1. The maximum absolute atomic E-state index is 11.6. The lowest BCUT2D eigenvalue weighted by molar-refractivity contribution is -0.144. The third-order valence-corrected chi connectivity index (χ3v) is 2.99. The Kier molecular flexibility index (Phi) is 5.76. The molecule has 0 radical (unpaired) electrons. The predicted molar refractivity (Wildman–Crippen MR) is 71.4 cm³/mol. The summed E-state index contributed by atoms with van der Waals surface area (Å²) in [5.74, 6) is -1.43.